The number of carboxylic acid groups (broad SMARTS) is 1. The molecule has 0 radical (unpaired) electrons. The molecule has 0 aliphatic heterocycles. The molecule has 1 N–H and O–H groups in total. The van der Waals surface area contributed by atoms with Crippen molar-refractivity contribution in [1.29, 1.82) is 0 Å². The largest absolute Gasteiger partial charge is 0.494 e. The van der Waals surface area contributed by atoms with Crippen molar-refractivity contribution in [3.63, 3.8) is 0 Å². The number of hydrogen-bond acceptors (Lipinski definition) is 4. The number of benzene rings is 1. The fourth-order valence-corrected chi connectivity index (χ4v) is 1.51. The van der Waals surface area contributed by atoms with Gasteiger partial charge < -0.3 is 19.3 Å². The first-order chi connectivity index (χ1) is 9.74. The Hall–Kier alpha value is -1.59. The third-order valence-electron chi connectivity index (χ3n) is 2.52. The maximum atomic E-state index is 10.7. The highest BCUT2D eigenvalue weighted by molar-refractivity contribution is 5.87. The molecule has 0 saturated carbocycles. The third kappa shape index (κ3) is 7.11. The summed E-state index contributed by atoms with van der Waals surface area (Å²) in [4.78, 5) is 10.7. The Bertz CT molecular complexity index is 374. The molecule has 0 heterocycles. The van der Waals surface area contributed by atoms with E-state index < -0.39 is 5.97 Å². The summed E-state index contributed by atoms with van der Waals surface area (Å²) < 4.78 is 16.2. The van der Waals surface area contributed by atoms with E-state index in [0.29, 0.717) is 32.2 Å². The van der Waals surface area contributed by atoms with Crippen molar-refractivity contribution in [1.82, 2.24) is 0 Å². The normalized spacial score (nSPS) is 10.4. The van der Waals surface area contributed by atoms with Gasteiger partial charge in [-0.2, -0.15) is 0 Å². The maximum absolute atomic E-state index is 10.7. The van der Waals surface area contributed by atoms with Gasteiger partial charge in [0.1, 0.15) is 5.75 Å². The van der Waals surface area contributed by atoms with Crippen LogP contribution in [0.3, 0.4) is 0 Å². The zero-order valence-corrected chi connectivity index (χ0v) is 11.8. The van der Waals surface area contributed by atoms with Gasteiger partial charge in [-0.05, 0) is 30.7 Å². The Labute approximate surface area is 119 Å². The lowest BCUT2D eigenvalue weighted by Gasteiger charge is -2.07. The summed E-state index contributed by atoms with van der Waals surface area (Å²) in [5, 5.41) is 8.76. The first kappa shape index (κ1) is 16.5. The van der Waals surface area contributed by atoms with Crippen LogP contribution in [0, 0.1) is 0 Å². The highest BCUT2D eigenvalue weighted by Crippen LogP contribution is 2.12. The lowest BCUT2D eigenvalue weighted by Crippen LogP contribution is -2.08. The standard InChI is InChI=1S/C15H22O5/c1-2-8-18-11-12-19-9-3-10-20-14-6-4-13(5-7-14)15(16)17/h4-7H,2-3,8-12H2,1H3,(H,16,17). The monoisotopic (exact) mass is 282 g/mol. The highest BCUT2D eigenvalue weighted by Gasteiger charge is 2.01. The van der Waals surface area contributed by atoms with Crippen LogP contribution >= 0.6 is 0 Å². The Kier molecular flexibility index (Phi) is 8.42. The van der Waals surface area contributed by atoms with E-state index in [2.05, 4.69) is 6.92 Å². The highest BCUT2D eigenvalue weighted by atomic mass is 16.5. The molecule has 112 valence electrons. The first-order valence-corrected chi connectivity index (χ1v) is 6.85. The Balaban J connectivity index is 2.02. The number of aromatic carboxylic acids is 1. The van der Waals surface area contributed by atoms with Crippen molar-refractivity contribution in [2.24, 2.45) is 0 Å². The molecule has 20 heavy (non-hydrogen) atoms. The number of carbonyl (C=O) groups is 1. The molecule has 5 heteroatoms. The van der Waals surface area contributed by atoms with Gasteiger partial charge >= 0.3 is 5.97 Å². The van der Waals surface area contributed by atoms with E-state index in [0.717, 1.165) is 19.4 Å². The third-order valence-corrected chi connectivity index (χ3v) is 2.52. The molecular weight excluding hydrogens is 260 g/mol. The van der Waals surface area contributed by atoms with Gasteiger partial charge in [-0.25, -0.2) is 4.79 Å². The zero-order chi connectivity index (χ0) is 14.6. The Morgan fingerprint density at radius 2 is 1.65 bits per heavy atom. The average Bonchev–Trinajstić information content (AvgIpc) is 2.46. The van der Waals surface area contributed by atoms with Crippen LogP contribution in [0.5, 0.6) is 5.75 Å². The molecule has 0 unspecified atom stereocenters. The second-order valence-corrected chi connectivity index (χ2v) is 4.26. The van der Waals surface area contributed by atoms with Crippen LogP contribution in [0.15, 0.2) is 24.3 Å². The second kappa shape index (κ2) is 10.2. The van der Waals surface area contributed by atoms with Crippen LogP contribution in [0.2, 0.25) is 0 Å². The summed E-state index contributed by atoms with van der Waals surface area (Å²) in [7, 11) is 0. The summed E-state index contributed by atoms with van der Waals surface area (Å²) in [5.41, 5.74) is 0.257. The van der Waals surface area contributed by atoms with E-state index in [1.807, 2.05) is 0 Å². The summed E-state index contributed by atoms with van der Waals surface area (Å²) in [6, 6.07) is 6.37. The molecule has 0 fully saturated rings. The molecule has 1 rings (SSSR count). The number of ether oxygens (including phenoxy) is 3. The van der Waals surface area contributed by atoms with Gasteiger partial charge in [-0.3, -0.25) is 0 Å². The van der Waals surface area contributed by atoms with Crippen LogP contribution in [-0.2, 0) is 9.47 Å². The van der Waals surface area contributed by atoms with E-state index in [9.17, 15) is 4.79 Å². The van der Waals surface area contributed by atoms with Crippen LogP contribution < -0.4 is 4.74 Å². The molecule has 0 aliphatic carbocycles. The van der Waals surface area contributed by atoms with Gasteiger partial charge in [0.2, 0.25) is 0 Å². The minimum Gasteiger partial charge on any atom is -0.494 e. The van der Waals surface area contributed by atoms with Crippen molar-refractivity contribution < 1.29 is 24.1 Å². The van der Waals surface area contributed by atoms with Gasteiger partial charge in [0.15, 0.2) is 0 Å². The fourth-order valence-electron chi connectivity index (χ4n) is 1.51. The van der Waals surface area contributed by atoms with E-state index in [-0.39, 0.29) is 5.56 Å². The zero-order valence-electron chi connectivity index (χ0n) is 11.8. The van der Waals surface area contributed by atoms with Crippen molar-refractivity contribution in [3.05, 3.63) is 29.8 Å². The van der Waals surface area contributed by atoms with Gasteiger partial charge in [-0.15, -0.1) is 0 Å². The smallest absolute Gasteiger partial charge is 0.335 e. The van der Waals surface area contributed by atoms with E-state index >= 15 is 0 Å². The molecule has 0 spiro atoms. The van der Waals surface area contributed by atoms with Gasteiger partial charge in [-0.1, -0.05) is 6.92 Å². The number of rotatable bonds is 11. The SMILES string of the molecule is CCCOCCOCCCOc1ccc(C(=O)O)cc1. The fraction of sp³-hybridized carbons (Fsp3) is 0.533. The van der Waals surface area contributed by atoms with Crippen LogP contribution in [0.25, 0.3) is 0 Å². The quantitative estimate of drug-likeness (QED) is 0.632. The number of carboxylic acids is 1. The van der Waals surface area contributed by atoms with E-state index in [4.69, 9.17) is 19.3 Å². The molecular formula is C15H22O5. The minimum atomic E-state index is -0.935. The number of hydrogen-bond donors (Lipinski definition) is 1. The first-order valence-electron chi connectivity index (χ1n) is 6.85. The summed E-state index contributed by atoms with van der Waals surface area (Å²) in [5.74, 6) is -0.267. The van der Waals surface area contributed by atoms with E-state index in [1.54, 1.807) is 12.1 Å². The summed E-state index contributed by atoms with van der Waals surface area (Å²) in [6.07, 6.45) is 1.81. The topological polar surface area (TPSA) is 65.0 Å². The minimum absolute atomic E-state index is 0.257. The van der Waals surface area contributed by atoms with E-state index in [1.165, 1.54) is 12.1 Å². The summed E-state index contributed by atoms with van der Waals surface area (Å²) in [6.45, 7) is 5.25. The summed E-state index contributed by atoms with van der Waals surface area (Å²) >= 11 is 0. The van der Waals surface area contributed by atoms with Crippen molar-refractivity contribution in [2.75, 3.05) is 33.0 Å². The Morgan fingerprint density at radius 1 is 1.00 bits per heavy atom. The van der Waals surface area contributed by atoms with Crippen LogP contribution in [-0.4, -0.2) is 44.1 Å². The molecule has 1 aromatic carbocycles. The lowest BCUT2D eigenvalue weighted by molar-refractivity contribution is 0.0438. The predicted octanol–water partition coefficient (Wildman–Crippen LogP) is 2.60. The average molecular weight is 282 g/mol. The molecule has 0 amide bonds. The van der Waals surface area contributed by atoms with Gasteiger partial charge in [0.25, 0.3) is 0 Å². The molecule has 0 saturated heterocycles. The second-order valence-electron chi connectivity index (χ2n) is 4.26. The molecule has 0 atom stereocenters. The molecule has 0 bridgehead atoms. The van der Waals surface area contributed by atoms with Crippen LogP contribution in [0.1, 0.15) is 30.1 Å². The predicted molar refractivity (Wildman–Crippen MR) is 75.4 cm³/mol. The van der Waals surface area contributed by atoms with Crippen molar-refractivity contribution >= 4 is 5.97 Å². The van der Waals surface area contributed by atoms with Gasteiger partial charge in [0, 0.05) is 19.6 Å². The maximum Gasteiger partial charge on any atom is 0.335 e. The molecule has 1 aromatic rings. The molecule has 0 aromatic heterocycles. The van der Waals surface area contributed by atoms with Crippen molar-refractivity contribution in [2.45, 2.75) is 19.8 Å². The lowest BCUT2D eigenvalue weighted by atomic mass is 10.2. The van der Waals surface area contributed by atoms with Gasteiger partial charge in [0.05, 0.1) is 25.4 Å². The van der Waals surface area contributed by atoms with Crippen molar-refractivity contribution in [3.8, 4) is 5.75 Å². The Morgan fingerprint density at radius 3 is 2.25 bits per heavy atom. The molecule has 0 aliphatic rings. The van der Waals surface area contributed by atoms with Crippen LogP contribution in [0.4, 0.5) is 0 Å². The molecule has 5 nitrogen and oxygen atoms in total.